The fourth-order valence-electron chi connectivity index (χ4n) is 2.09. The fraction of sp³-hybridized carbons (Fsp3) is 0.417. The molecule has 104 valence electrons. The predicted octanol–water partition coefficient (Wildman–Crippen LogP) is 0.141. The number of phenolic OH excluding ortho intramolecular Hbond substituents is 1. The van der Waals surface area contributed by atoms with Crippen LogP contribution in [0.25, 0.3) is 0 Å². The van der Waals surface area contributed by atoms with Crippen molar-refractivity contribution in [1.82, 2.24) is 0 Å². The largest absolute Gasteiger partial charge is 0.506 e. The zero-order valence-electron chi connectivity index (χ0n) is 10.4. The Morgan fingerprint density at radius 1 is 1.42 bits per heavy atom. The Balaban J connectivity index is 2.42. The smallest absolute Gasteiger partial charge is 0.227 e. The van der Waals surface area contributed by atoms with Gasteiger partial charge in [0, 0.05) is 31.7 Å². The van der Waals surface area contributed by atoms with Gasteiger partial charge >= 0.3 is 0 Å². The van der Waals surface area contributed by atoms with E-state index in [0.717, 1.165) is 6.26 Å². The van der Waals surface area contributed by atoms with Crippen molar-refractivity contribution in [2.45, 2.75) is 11.3 Å². The molecule has 6 nitrogen and oxygen atoms in total. The van der Waals surface area contributed by atoms with E-state index in [1.807, 2.05) is 0 Å². The molecule has 1 aromatic carbocycles. The highest BCUT2D eigenvalue weighted by atomic mass is 32.2. The van der Waals surface area contributed by atoms with Crippen LogP contribution in [0.5, 0.6) is 5.75 Å². The second kappa shape index (κ2) is 4.82. The normalized spacial score (nSPS) is 20.0. The van der Waals surface area contributed by atoms with Gasteiger partial charge in [-0.25, -0.2) is 8.42 Å². The molecule has 1 unspecified atom stereocenters. The molecule has 0 saturated carbocycles. The average Bonchev–Trinajstić information content (AvgIpc) is 2.69. The quantitative estimate of drug-likeness (QED) is 0.823. The predicted molar refractivity (Wildman–Crippen MR) is 68.8 cm³/mol. The lowest BCUT2D eigenvalue weighted by Crippen LogP contribution is -2.25. The summed E-state index contributed by atoms with van der Waals surface area (Å²) < 4.78 is 23.0. The summed E-state index contributed by atoms with van der Waals surface area (Å²) in [5.74, 6) is -0.576. The minimum Gasteiger partial charge on any atom is -0.506 e. The third-order valence-electron chi connectivity index (χ3n) is 3.13. The minimum atomic E-state index is -3.41. The molecule has 2 rings (SSSR count). The zero-order valence-corrected chi connectivity index (χ0v) is 11.2. The summed E-state index contributed by atoms with van der Waals surface area (Å²) >= 11 is 0. The van der Waals surface area contributed by atoms with Gasteiger partial charge in [0.05, 0.1) is 10.6 Å². The Labute approximate surface area is 111 Å². The lowest BCUT2D eigenvalue weighted by atomic mass is 10.1. The van der Waals surface area contributed by atoms with Crippen LogP contribution in [0.4, 0.5) is 5.69 Å². The van der Waals surface area contributed by atoms with Gasteiger partial charge in [-0.3, -0.25) is 4.79 Å². The molecule has 0 spiro atoms. The first-order valence-electron chi connectivity index (χ1n) is 5.77. The maximum absolute atomic E-state index is 11.8. The molecule has 1 saturated heterocycles. The first-order valence-corrected chi connectivity index (χ1v) is 7.66. The fourth-order valence-corrected chi connectivity index (χ4v) is 2.73. The molecule has 1 fully saturated rings. The molecule has 7 heteroatoms. The number of hydrogen-bond acceptors (Lipinski definition) is 5. The van der Waals surface area contributed by atoms with Crippen LogP contribution in [0, 0.1) is 5.92 Å². The molecule has 2 N–H and O–H groups in total. The third-order valence-corrected chi connectivity index (χ3v) is 4.24. The van der Waals surface area contributed by atoms with Gasteiger partial charge in [0.1, 0.15) is 5.75 Å². The molecule has 0 radical (unpaired) electrons. The van der Waals surface area contributed by atoms with Gasteiger partial charge in [-0.05, 0) is 18.2 Å². The van der Waals surface area contributed by atoms with Gasteiger partial charge < -0.3 is 15.1 Å². The minimum absolute atomic E-state index is 0.0422. The highest BCUT2D eigenvalue weighted by molar-refractivity contribution is 7.90. The number of rotatable bonds is 3. The van der Waals surface area contributed by atoms with E-state index in [0.29, 0.717) is 0 Å². The van der Waals surface area contributed by atoms with E-state index in [1.54, 1.807) is 0 Å². The molecule has 1 aliphatic heterocycles. The van der Waals surface area contributed by atoms with Crippen molar-refractivity contribution in [3.05, 3.63) is 18.2 Å². The number of carbonyl (C=O) groups excluding carboxylic acids is 1. The number of benzene rings is 1. The molecule has 1 aromatic rings. The number of aromatic hydroxyl groups is 1. The van der Waals surface area contributed by atoms with Gasteiger partial charge in [0.25, 0.3) is 0 Å². The monoisotopic (exact) mass is 285 g/mol. The first kappa shape index (κ1) is 13.8. The highest BCUT2D eigenvalue weighted by Crippen LogP contribution is 2.34. The summed E-state index contributed by atoms with van der Waals surface area (Å²) in [6.07, 6.45) is 1.25. The van der Waals surface area contributed by atoms with E-state index in [1.165, 1.54) is 23.1 Å². The van der Waals surface area contributed by atoms with Crippen LogP contribution < -0.4 is 4.90 Å². The lowest BCUT2D eigenvalue weighted by Gasteiger charge is -2.18. The lowest BCUT2D eigenvalue weighted by molar-refractivity contribution is -0.117. The molecule has 1 atom stereocenters. The van der Waals surface area contributed by atoms with Crippen molar-refractivity contribution < 1.29 is 23.4 Å². The summed E-state index contributed by atoms with van der Waals surface area (Å²) in [7, 11) is -3.41. The van der Waals surface area contributed by atoms with E-state index >= 15 is 0 Å². The number of aliphatic hydroxyl groups is 1. The van der Waals surface area contributed by atoms with Crippen LogP contribution in [0.15, 0.2) is 23.1 Å². The second-order valence-corrected chi connectivity index (χ2v) is 6.70. The highest BCUT2D eigenvalue weighted by Gasteiger charge is 2.31. The molecule has 0 aliphatic carbocycles. The number of nitrogens with zero attached hydrogens (tertiary/aromatic N) is 1. The number of phenols is 1. The molecule has 1 aliphatic rings. The Morgan fingerprint density at radius 3 is 2.63 bits per heavy atom. The van der Waals surface area contributed by atoms with Crippen molar-refractivity contribution in [3.63, 3.8) is 0 Å². The summed E-state index contributed by atoms with van der Waals surface area (Å²) in [5, 5.41) is 18.9. The summed E-state index contributed by atoms with van der Waals surface area (Å²) in [4.78, 5) is 13.2. The average molecular weight is 285 g/mol. The number of sulfone groups is 1. The van der Waals surface area contributed by atoms with Crippen LogP contribution in [-0.4, -0.2) is 43.9 Å². The summed E-state index contributed by atoms with van der Waals surface area (Å²) in [6, 6.07) is 3.83. The molecule has 0 aromatic heterocycles. The maximum Gasteiger partial charge on any atom is 0.227 e. The first-order chi connectivity index (χ1) is 8.82. The molecule has 19 heavy (non-hydrogen) atoms. The third kappa shape index (κ3) is 2.71. The van der Waals surface area contributed by atoms with Gasteiger partial charge in [-0.15, -0.1) is 0 Å². The molecule has 0 bridgehead atoms. The van der Waals surface area contributed by atoms with Crippen LogP contribution in [-0.2, 0) is 14.6 Å². The number of anilines is 1. The van der Waals surface area contributed by atoms with E-state index in [-0.39, 0.29) is 47.7 Å². The van der Waals surface area contributed by atoms with Gasteiger partial charge in [0.2, 0.25) is 5.91 Å². The van der Waals surface area contributed by atoms with Crippen LogP contribution >= 0.6 is 0 Å². The molecule has 1 amide bonds. The topological polar surface area (TPSA) is 94.9 Å². The van der Waals surface area contributed by atoms with E-state index in [4.69, 9.17) is 5.11 Å². The van der Waals surface area contributed by atoms with Gasteiger partial charge in [-0.2, -0.15) is 0 Å². The van der Waals surface area contributed by atoms with E-state index in [2.05, 4.69) is 0 Å². The number of aliphatic hydroxyl groups excluding tert-OH is 1. The molecule has 1 heterocycles. The van der Waals surface area contributed by atoms with Crippen molar-refractivity contribution in [2.24, 2.45) is 5.92 Å². The Kier molecular flexibility index (Phi) is 3.51. The van der Waals surface area contributed by atoms with E-state index in [9.17, 15) is 18.3 Å². The number of carbonyl (C=O) groups is 1. The van der Waals surface area contributed by atoms with Crippen LogP contribution in [0.1, 0.15) is 6.42 Å². The van der Waals surface area contributed by atoms with Gasteiger partial charge in [0.15, 0.2) is 9.84 Å². The van der Waals surface area contributed by atoms with Crippen molar-refractivity contribution >= 4 is 21.4 Å². The number of amides is 1. The Hall–Kier alpha value is -1.60. The number of hydrogen-bond donors (Lipinski definition) is 2. The Morgan fingerprint density at radius 2 is 2.11 bits per heavy atom. The van der Waals surface area contributed by atoms with Crippen molar-refractivity contribution in [3.8, 4) is 5.75 Å². The van der Waals surface area contributed by atoms with Crippen LogP contribution in [0.2, 0.25) is 0 Å². The Bertz CT molecular complexity index is 611. The van der Waals surface area contributed by atoms with Crippen molar-refractivity contribution in [2.75, 3.05) is 24.3 Å². The maximum atomic E-state index is 11.8. The van der Waals surface area contributed by atoms with Crippen LogP contribution in [0.3, 0.4) is 0 Å². The zero-order chi connectivity index (χ0) is 14.2. The van der Waals surface area contributed by atoms with Gasteiger partial charge in [-0.1, -0.05) is 0 Å². The van der Waals surface area contributed by atoms with Crippen molar-refractivity contribution in [1.29, 1.82) is 0 Å². The summed E-state index contributed by atoms with van der Waals surface area (Å²) in [5.41, 5.74) is 0.170. The molecular weight excluding hydrogens is 270 g/mol. The standard InChI is InChI=1S/C12H15NO5S/c1-19(17,18)9-2-3-11(15)10(5-9)13-6-8(7-14)4-12(13)16/h2-3,5,8,14-15H,4,6-7H2,1H3. The molecular formula is C12H15NO5S. The van der Waals surface area contributed by atoms with E-state index < -0.39 is 9.84 Å². The SMILES string of the molecule is CS(=O)(=O)c1ccc(O)c(N2CC(CO)CC2=O)c1. The summed E-state index contributed by atoms with van der Waals surface area (Å²) in [6.45, 7) is 0.158. The second-order valence-electron chi connectivity index (χ2n) is 4.68.